The maximum Gasteiger partial charge on any atom is 0.242 e. The molecule has 0 unspecified atom stereocenters. The van der Waals surface area contributed by atoms with E-state index < -0.39 is 5.54 Å². The summed E-state index contributed by atoms with van der Waals surface area (Å²) in [5, 5.41) is 0.473. The van der Waals surface area contributed by atoms with Crippen molar-refractivity contribution in [2.24, 2.45) is 5.73 Å². The SMILES string of the molecule is CC(C)(N)C(=O)N1CC=C(c2cc(Cl)ccc2F)C1. The van der Waals surface area contributed by atoms with Crippen LogP contribution < -0.4 is 5.73 Å². The quantitative estimate of drug-likeness (QED) is 0.906. The molecule has 0 aromatic heterocycles. The Morgan fingerprint density at radius 3 is 2.79 bits per heavy atom. The fraction of sp³-hybridized carbons (Fsp3) is 0.357. The minimum Gasteiger partial charge on any atom is -0.333 e. The molecule has 0 spiro atoms. The first-order valence-electron chi connectivity index (χ1n) is 6.02. The first kappa shape index (κ1) is 14.0. The van der Waals surface area contributed by atoms with Gasteiger partial charge in [-0.15, -0.1) is 0 Å². The Morgan fingerprint density at radius 1 is 1.47 bits per heavy atom. The van der Waals surface area contributed by atoms with Crippen LogP contribution >= 0.6 is 11.6 Å². The number of hydrogen-bond donors (Lipinski definition) is 1. The fourth-order valence-electron chi connectivity index (χ4n) is 2.06. The normalized spacial score (nSPS) is 15.6. The Balaban J connectivity index is 2.18. The van der Waals surface area contributed by atoms with Gasteiger partial charge in [-0.2, -0.15) is 0 Å². The number of halogens is 2. The number of hydrogen-bond acceptors (Lipinski definition) is 2. The minimum absolute atomic E-state index is 0.152. The lowest BCUT2D eigenvalue weighted by Crippen LogP contribution is -2.50. The zero-order chi connectivity index (χ0) is 14.2. The number of rotatable bonds is 2. The van der Waals surface area contributed by atoms with Gasteiger partial charge >= 0.3 is 0 Å². The first-order chi connectivity index (χ1) is 8.79. The van der Waals surface area contributed by atoms with Crippen molar-refractivity contribution in [2.75, 3.05) is 13.1 Å². The zero-order valence-corrected chi connectivity index (χ0v) is 11.7. The maximum atomic E-state index is 13.8. The molecule has 1 amide bonds. The number of carbonyl (C=O) groups excluding carboxylic acids is 1. The Labute approximate surface area is 116 Å². The topological polar surface area (TPSA) is 46.3 Å². The molecular formula is C14H16ClFN2O. The highest BCUT2D eigenvalue weighted by Crippen LogP contribution is 2.27. The van der Waals surface area contributed by atoms with Crippen molar-refractivity contribution in [3.05, 3.63) is 40.7 Å². The molecule has 1 aliphatic rings. The van der Waals surface area contributed by atoms with E-state index in [0.29, 0.717) is 23.7 Å². The monoisotopic (exact) mass is 282 g/mol. The number of benzene rings is 1. The summed E-state index contributed by atoms with van der Waals surface area (Å²) in [6.07, 6.45) is 1.83. The number of nitrogens with zero attached hydrogens (tertiary/aromatic N) is 1. The lowest BCUT2D eigenvalue weighted by Gasteiger charge is -2.25. The first-order valence-corrected chi connectivity index (χ1v) is 6.39. The van der Waals surface area contributed by atoms with Gasteiger partial charge in [0.2, 0.25) is 5.91 Å². The third-order valence-corrected chi connectivity index (χ3v) is 3.27. The van der Waals surface area contributed by atoms with E-state index >= 15 is 0 Å². The lowest BCUT2D eigenvalue weighted by atomic mass is 10.0. The van der Waals surface area contributed by atoms with Crippen molar-refractivity contribution >= 4 is 23.1 Å². The summed E-state index contributed by atoms with van der Waals surface area (Å²) in [6, 6.07) is 4.40. The largest absolute Gasteiger partial charge is 0.333 e. The van der Waals surface area contributed by atoms with Gasteiger partial charge in [-0.25, -0.2) is 4.39 Å². The fourth-order valence-corrected chi connectivity index (χ4v) is 2.23. The summed E-state index contributed by atoms with van der Waals surface area (Å²) in [5.41, 5.74) is 6.07. The van der Waals surface area contributed by atoms with Crippen LogP contribution in [0.3, 0.4) is 0 Å². The molecule has 3 nitrogen and oxygen atoms in total. The molecule has 0 saturated heterocycles. The van der Waals surface area contributed by atoms with E-state index in [-0.39, 0.29) is 11.7 Å². The van der Waals surface area contributed by atoms with Crippen LogP contribution in [0.5, 0.6) is 0 Å². The van der Waals surface area contributed by atoms with Gasteiger partial charge in [0.05, 0.1) is 5.54 Å². The summed E-state index contributed by atoms with van der Waals surface area (Å²) in [5.74, 6) is -0.488. The van der Waals surface area contributed by atoms with E-state index in [1.165, 1.54) is 12.1 Å². The summed E-state index contributed by atoms with van der Waals surface area (Å²) in [6.45, 7) is 4.12. The van der Waals surface area contributed by atoms with Gasteiger partial charge in [0, 0.05) is 23.7 Å². The van der Waals surface area contributed by atoms with E-state index in [1.54, 1.807) is 24.8 Å². The number of amides is 1. The second-order valence-corrected chi connectivity index (χ2v) is 5.70. The Hall–Kier alpha value is -1.39. The average Bonchev–Trinajstić information content (AvgIpc) is 2.79. The predicted molar refractivity (Wildman–Crippen MR) is 74.2 cm³/mol. The maximum absolute atomic E-state index is 13.8. The third-order valence-electron chi connectivity index (χ3n) is 3.03. The van der Waals surface area contributed by atoms with Crippen LogP contribution in [0.4, 0.5) is 4.39 Å². The standard InChI is InChI=1S/C14H16ClFN2O/c1-14(2,17)13(19)18-6-5-9(8-18)11-7-10(15)3-4-12(11)16/h3-5,7H,6,8,17H2,1-2H3. The highest BCUT2D eigenvalue weighted by atomic mass is 35.5. The van der Waals surface area contributed by atoms with Crippen LogP contribution in [-0.4, -0.2) is 29.4 Å². The van der Waals surface area contributed by atoms with E-state index in [9.17, 15) is 9.18 Å². The zero-order valence-electron chi connectivity index (χ0n) is 10.9. The molecular weight excluding hydrogens is 267 g/mol. The van der Waals surface area contributed by atoms with Crippen molar-refractivity contribution in [1.82, 2.24) is 4.90 Å². The van der Waals surface area contributed by atoms with Crippen molar-refractivity contribution in [1.29, 1.82) is 0 Å². The smallest absolute Gasteiger partial charge is 0.242 e. The lowest BCUT2D eigenvalue weighted by molar-refractivity contribution is -0.134. The van der Waals surface area contributed by atoms with Gasteiger partial charge in [0.25, 0.3) is 0 Å². The van der Waals surface area contributed by atoms with E-state index in [0.717, 1.165) is 5.57 Å². The molecule has 102 valence electrons. The highest BCUT2D eigenvalue weighted by molar-refractivity contribution is 6.30. The predicted octanol–water partition coefficient (Wildman–Crippen LogP) is 2.44. The van der Waals surface area contributed by atoms with Crippen molar-refractivity contribution in [3.63, 3.8) is 0 Å². The average molecular weight is 283 g/mol. The molecule has 5 heteroatoms. The van der Waals surface area contributed by atoms with Gasteiger partial charge in [0.15, 0.2) is 0 Å². The van der Waals surface area contributed by atoms with E-state index in [2.05, 4.69) is 0 Å². The molecule has 2 N–H and O–H groups in total. The van der Waals surface area contributed by atoms with Gasteiger partial charge in [0.1, 0.15) is 5.82 Å². The van der Waals surface area contributed by atoms with Gasteiger partial charge in [-0.05, 0) is 37.6 Å². The molecule has 0 bridgehead atoms. The van der Waals surface area contributed by atoms with Gasteiger partial charge < -0.3 is 10.6 Å². The Morgan fingerprint density at radius 2 is 2.16 bits per heavy atom. The second-order valence-electron chi connectivity index (χ2n) is 5.26. The third kappa shape index (κ3) is 2.96. The molecule has 1 aliphatic heterocycles. The molecule has 1 heterocycles. The van der Waals surface area contributed by atoms with Crippen LogP contribution in [0.15, 0.2) is 24.3 Å². The van der Waals surface area contributed by atoms with Crippen molar-refractivity contribution < 1.29 is 9.18 Å². The number of carbonyl (C=O) groups is 1. The van der Waals surface area contributed by atoms with Crippen molar-refractivity contribution in [2.45, 2.75) is 19.4 Å². The van der Waals surface area contributed by atoms with E-state index in [1.807, 2.05) is 6.08 Å². The van der Waals surface area contributed by atoms with Crippen molar-refractivity contribution in [3.8, 4) is 0 Å². The molecule has 2 rings (SSSR count). The second kappa shape index (κ2) is 4.94. The van der Waals surface area contributed by atoms with Crippen LogP contribution in [0.2, 0.25) is 5.02 Å². The molecule has 0 fully saturated rings. The summed E-state index contributed by atoms with van der Waals surface area (Å²) in [7, 11) is 0. The van der Waals surface area contributed by atoms with Crippen LogP contribution in [0.25, 0.3) is 5.57 Å². The number of nitrogens with two attached hydrogens (primary N) is 1. The molecule has 0 saturated carbocycles. The molecule has 1 aromatic rings. The molecule has 19 heavy (non-hydrogen) atoms. The molecule has 1 aromatic carbocycles. The highest BCUT2D eigenvalue weighted by Gasteiger charge is 2.30. The minimum atomic E-state index is -0.920. The molecule has 0 atom stereocenters. The molecule has 0 aliphatic carbocycles. The Kier molecular flexibility index (Phi) is 3.65. The van der Waals surface area contributed by atoms with Crippen LogP contribution in [0.1, 0.15) is 19.4 Å². The van der Waals surface area contributed by atoms with Gasteiger partial charge in [-0.3, -0.25) is 4.79 Å². The summed E-state index contributed by atoms with van der Waals surface area (Å²) >= 11 is 5.87. The van der Waals surface area contributed by atoms with E-state index in [4.69, 9.17) is 17.3 Å². The summed E-state index contributed by atoms with van der Waals surface area (Å²) < 4.78 is 13.8. The Bertz CT molecular complexity index is 549. The van der Waals surface area contributed by atoms with Crippen LogP contribution in [0, 0.1) is 5.82 Å². The van der Waals surface area contributed by atoms with Crippen LogP contribution in [-0.2, 0) is 4.79 Å². The summed E-state index contributed by atoms with van der Waals surface area (Å²) in [4.78, 5) is 13.7. The van der Waals surface area contributed by atoms with Gasteiger partial charge in [-0.1, -0.05) is 17.7 Å². The molecule has 0 radical (unpaired) electrons.